The highest BCUT2D eigenvalue weighted by atomic mass is 16.5. The summed E-state index contributed by atoms with van der Waals surface area (Å²) in [4.78, 5) is 11.4. The first kappa shape index (κ1) is 12.8. The molecule has 2 atom stereocenters. The summed E-state index contributed by atoms with van der Waals surface area (Å²) in [7, 11) is 1.34. The first-order chi connectivity index (χ1) is 8.65. The van der Waals surface area contributed by atoms with Crippen molar-refractivity contribution in [2.24, 2.45) is 0 Å². The summed E-state index contributed by atoms with van der Waals surface area (Å²) in [6.45, 7) is 0. The topological polar surface area (TPSA) is 46.5 Å². The van der Waals surface area contributed by atoms with E-state index in [4.69, 9.17) is 0 Å². The van der Waals surface area contributed by atoms with Crippen molar-refractivity contribution in [1.82, 2.24) is 0 Å². The van der Waals surface area contributed by atoms with E-state index in [9.17, 15) is 9.90 Å². The molecule has 1 aromatic rings. The summed E-state index contributed by atoms with van der Waals surface area (Å²) in [6, 6.07) is 9.83. The summed E-state index contributed by atoms with van der Waals surface area (Å²) in [5, 5.41) is 10.7. The van der Waals surface area contributed by atoms with Crippen molar-refractivity contribution in [1.29, 1.82) is 0 Å². The molecule has 0 fully saturated rings. The largest absolute Gasteiger partial charge is 0.469 e. The number of esters is 1. The second-order valence-corrected chi connectivity index (χ2v) is 4.69. The molecule has 0 saturated heterocycles. The van der Waals surface area contributed by atoms with Crippen molar-refractivity contribution in [3.63, 3.8) is 0 Å². The van der Waals surface area contributed by atoms with Crippen molar-refractivity contribution in [3.8, 4) is 0 Å². The fraction of sp³-hybridized carbons (Fsp3) is 0.400. The summed E-state index contributed by atoms with van der Waals surface area (Å²) in [5.41, 5.74) is -0.0690. The van der Waals surface area contributed by atoms with Crippen LogP contribution < -0.4 is 0 Å². The van der Waals surface area contributed by atoms with Gasteiger partial charge in [0.05, 0.1) is 13.5 Å². The molecule has 1 aliphatic carbocycles. The van der Waals surface area contributed by atoms with Crippen molar-refractivity contribution in [3.05, 3.63) is 48.0 Å². The maximum Gasteiger partial charge on any atom is 0.308 e. The fourth-order valence-electron chi connectivity index (χ4n) is 2.54. The Morgan fingerprint density at radius 1 is 1.44 bits per heavy atom. The smallest absolute Gasteiger partial charge is 0.308 e. The van der Waals surface area contributed by atoms with Crippen LogP contribution in [0.5, 0.6) is 0 Å². The average molecular weight is 246 g/mol. The van der Waals surface area contributed by atoms with Gasteiger partial charge in [0.15, 0.2) is 0 Å². The van der Waals surface area contributed by atoms with E-state index in [1.54, 1.807) is 6.08 Å². The second kappa shape index (κ2) is 5.36. The molecule has 2 rings (SSSR count). The van der Waals surface area contributed by atoms with Crippen molar-refractivity contribution in [2.45, 2.75) is 30.8 Å². The number of benzene rings is 1. The minimum atomic E-state index is -1.13. The van der Waals surface area contributed by atoms with Gasteiger partial charge in [-0.05, 0) is 18.4 Å². The third-order valence-corrected chi connectivity index (χ3v) is 3.49. The van der Waals surface area contributed by atoms with Crippen molar-refractivity contribution >= 4 is 5.97 Å². The summed E-state index contributed by atoms with van der Waals surface area (Å²) in [5.74, 6) is -0.437. The van der Waals surface area contributed by atoms with E-state index < -0.39 is 5.60 Å². The molecule has 96 valence electrons. The van der Waals surface area contributed by atoms with Gasteiger partial charge in [-0.15, -0.1) is 0 Å². The lowest BCUT2D eigenvalue weighted by atomic mass is 9.74. The lowest BCUT2D eigenvalue weighted by Crippen LogP contribution is -2.38. The standard InChI is InChI=1S/C15H18O3/c1-18-14(16)11-15(17)10-6-5-9-13(15)12-7-3-2-4-8-12/h2-4,6-8,10,13,17H,5,9,11H2,1H3/t13-,15-/m0/s1. The average Bonchev–Trinajstić information content (AvgIpc) is 2.39. The predicted octanol–water partition coefficient (Wildman–Crippen LogP) is 2.41. The fourth-order valence-corrected chi connectivity index (χ4v) is 2.54. The SMILES string of the molecule is COC(=O)C[C@@]1(O)C=CCC[C@H]1c1ccccc1. The number of ether oxygens (including phenoxy) is 1. The van der Waals surface area contributed by atoms with Crippen LogP contribution in [-0.2, 0) is 9.53 Å². The number of aliphatic hydroxyl groups is 1. The number of hydrogen-bond donors (Lipinski definition) is 1. The molecule has 0 spiro atoms. The lowest BCUT2D eigenvalue weighted by molar-refractivity contribution is -0.145. The van der Waals surface area contributed by atoms with E-state index in [0.29, 0.717) is 0 Å². The number of methoxy groups -OCH3 is 1. The van der Waals surface area contributed by atoms with Gasteiger partial charge < -0.3 is 9.84 Å². The molecular weight excluding hydrogens is 228 g/mol. The molecule has 0 heterocycles. The molecule has 3 heteroatoms. The Labute approximate surface area is 107 Å². The van der Waals surface area contributed by atoms with Gasteiger partial charge in [0.2, 0.25) is 0 Å². The van der Waals surface area contributed by atoms with Crippen LogP contribution in [0.2, 0.25) is 0 Å². The zero-order chi connectivity index (χ0) is 13.0. The first-order valence-corrected chi connectivity index (χ1v) is 6.17. The Morgan fingerprint density at radius 3 is 2.83 bits per heavy atom. The Balaban J connectivity index is 2.28. The maximum absolute atomic E-state index is 11.4. The van der Waals surface area contributed by atoms with Gasteiger partial charge in [-0.25, -0.2) is 0 Å². The highest BCUT2D eigenvalue weighted by Gasteiger charge is 2.39. The quantitative estimate of drug-likeness (QED) is 0.658. The summed E-state index contributed by atoms with van der Waals surface area (Å²) < 4.78 is 4.67. The first-order valence-electron chi connectivity index (χ1n) is 6.17. The van der Waals surface area contributed by atoms with Crippen LogP contribution in [0.15, 0.2) is 42.5 Å². The Hall–Kier alpha value is -1.61. The van der Waals surface area contributed by atoms with E-state index in [0.717, 1.165) is 18.4 Å². The molecule has 0 aliphatic heterocycles. The number of allylic oxidation sites excluding steroid dienone is 1. The number of rotatable bonds is 3. The zero-order valence-electron chi connectivity index (χ0n) is 10.5. The molecule has 3 nitrogen and oxygen atoms in total. The number of carbonyl (C=O) groups excluding carboxylic acids is 1. The van der Waals surface area contributed by atoms with Gasteiger partial charge in [-0.3, -0.25) is 4.79 Å². The minimum absolute atomic E-state index is 0.000436. The van der Waals surface area contributed by atoms with Gasteiger partial charge in [0.25, 0.3) is 0 Å². The Bertz CT molecular complexity index is 438. The monoisotopic (exact) mass is 246 g/mol. The van der Waals surface area contributed by atoms with Crippen LogP contribution in [0.1, 0.15) is 30.7 Å². The molecule has 0 amide bonds. The molecule has 18 heavy (non-hydrogen) atoms. The predicted molar refractivity (Wildman–Crippen MR) is 69.1 cm³/mol. The van der Waals surface area contributed by atoms with Crippen LogP contribution in [-0.4, -0.2) is 23.8 Å². The highest BCUT2D eigenvalue weighted by Crippen LogP contribution is 2.39. The van der Waals surface area contributed by atoms with E-state index in [2.05, 4.69) is 4.74 Å². The highest BCUT2D eigenvalue weighted by molar-refractivity contribution is 5.71. The third kappa shape index (κ3) is 2.62. The molecule has 0 bridgehead atoms. The molecular formula is C15H18O3. The van der Waals surface area contributed by atoms with E-state index in [1.165, 1.54) is 7.11 Å². The molecule has 0 aromatic heterocycles. The van der Waals surface area contributed by atoms with Gasteiger partial charge >= 0.3 is 5.97 Å². The molecule has 1 aromatic carbocycles. The van der Waals surface area contributed by atoms with Crippen molar-refractivity contribution in [2.75, 3.05) is 7.11 Å². The third-order valence-electron chi connectivity index (χ3n) is 3.49. The van der Waals surface area contributed by atoms with Gasteiger partial charge in [-0.2, -0.15) is 0 Å². The normalized spacial score (nSPS) is 26.9. The van der Waals surface area contributed by atoms with Gasteiger partial charge in [0.1, 0.15) is 5.60 Å². The summed E-state index contributed by atoms with van der Waals surface area (Å²) in [6.07, 6.45) is 5.43. The number of hydrogen-bond acceptors (Lipinski definition) is 3. The lowest BCUT2D eigenvalue weighted by Gasteiger charge is -2.36. The maximum atomic E-state index is 11.4. The second-order valence-electron chi connectivity index (χ2n) is 4.69. The molecule has 0 radical (unpaired) electrons. The van der Waals surface area contributed by atoms with Crippen LogP contribution >= 0.6 is 0 Å². The van der Waals surface area contributed by atoms with Crippen LogP contribution in [0, 0.1) is 0 Å². The van der Waals surface area contributed by atoms with E-state index in [1.807, 2.05) is 36.4 Å². The van der Waals surface area contributed by atoms with Gasteiger partial charge in [0, 0.05) is 5.92 Å². The van der Waals surface area contributed by atoms with Gasteiger partial charge in [-0.1, -0.05) is 42.5 Å². The molecule has 0 saturated carbocycles. The molecule has 1 aliphatic rings. The zero-order valence-corrected chi connectivity index (χ0v) is 10.5. The number of carbonyl (C=O) groups is 1. The van der Waals surface area contributed by atoms with Crippen molar-refractivity contribution < 1.29 is 14.6 Å². The van der Waals surface area contributed by atoms with Crippen LogP contribution in [0.3, 0.4) is 0 Å². The Morgan fingerprint density at radius 2 is 2.17 bits per heavy atom. The molecule has 1 N–H and O–H groups in total. The summed E-state index contributed by atoms with van der Waals surface area (Å²) >= 11 is 0. The minimum Gasteiger partial charge on any atom is -0.469 e. The van der Waals surface area contributed by atoms with E-state index >= 15 is 0 Å². The van der Waals surface area contributed by atoms with Crippen LogP contribution in [0.25, 0.3) is 0 Å². The molecule has 0 unspecified atom stereocenters. The van der Waals surface area contributed by atoms with E-state index in [-0.39, 0.29) is 18.3 Å². The van der Waals surface area contributed by atoms with Crippen LogP contribution in [0.4, 0.5) is 0 Å². The Kier molecular flexibility index (Phi) is 3.82.